The van der Waals surface area contributed by atoms with Gasteiger partial charge in [-0.3, -0.25) is 9.59 Å². The minimum atomic E-state index is -0.124. The summed E-state index contributed by atoms with van der Waals surface area (Å²) in [6.07, 6.45) is 15.5. The fraction of sp³-hybridized carbons (Fsp3) is 0.579. The molecule has 0 saturated heterocycles. The smallest absolute Gasteiger partial charge is 0.322 e. The highest BCUT2D eigenvalue weighted by Gasteiger charge is 2.33. The Kier molecular flexibility index (Phi) is 12.7. The zero-order valence-electron chi connectivity index (χ0n) is 28.8. The van der Waals surface area contributed by atoms with Crippen LogP contribution in [0.15, 0.2) is 48.5 Å². The molecule has 0 bridgehead atoms. The van der Waals surface area contributed by atoms with Gasteiger partial charge in [0, 0.05) is 61.8 Å². The predicted octanol–water partition coefficient (Wildman–Crippen LogP) is 8.44. The van der Waals surface area contributed by atoms with Crippen molar-refractivity contribution in [3.8, 4) is 0 Å². The van der Waals surface area contributed by atoms with Gasteiger partial charge in [-0.05, 0) is 112 Å². The summed E-state index contributed by atoms with van der Waals surface area (Å²) in [6, 6.07) is 15.0. The molecule has 3 aliphatic rings. The topological polar surface area (TPSA) is 123 Å². The Labute approximate surface area is 285 Å². The third-order valence-electron chi connectivity index (χ3n) is 10.3. The van der Waals surface area contributed by atoms with Crippen LogP contribution in [-0.4, -0.2) is 58.8 Å². The Morgan fingerprint density at radius 3 is 1.06 bits per heavy atom. The van der Waals surface area contributed by atoms with Crippen LogP contribution in [-0.2, 0) is 9.59 Å². The number of anilines is 4. The number of amides is 6. The molecule has 0 radical (unpaired) electrons. The minimum Gasteiger partial charge on any atom is -0.326 e. The van der Waals surface area contributed by atoms with Crippen LogP contribution in [0.5, 0.6) is 0 Å². The maximum atomic E-state index is 13.7. The molecule has 3 saturated carbocycles. The fourth-order valence-corrected chi connectivity index (χ4v) is 7.80. The molecule has 6 amide bonds. The van der Waals surface area contributed by atoms with Crippen LogP contribution in [0.2, 0.25) is 0 Å². The molecular formula is C38H54N6O4. The van der Waals surface area contributed by atoms with Crippen LogP contribution in [0.25, 0.3) is 0 Å². The van der Waals surface area contributed by atoms with Gasteiger partial charge in [-0.15, -0.1) is 0 Å². The van der Waals surface area contributed by atoms with Crippen LogP contribution < -0.4 is 21.3 Å². The van der Waals surface area contributed by atoms with E-state index >= 15 is 0 Å². The molecule has 10 nitrogen and oxygen atoms in total. The highest BCUT2D eigenvalue weighted by molar-refractivity contribution is 5.92. The molecule has 48 heavy (non-hydrogen) atoms. The van der Waals surface area contributed by atoms with E-state index in [2.05, 4.69) is 31.1 Å². The van der Waals surface area contributed by atoms with Crippen molar-refractivity contribution in [1.82, 2.24) is 9.80 Å². The second kappa shape index (κ2) is 17.4. The van der Waals surface area contributed by atoms with E-state index in [1.165, 1.54) is 26.7 Å². The molecule has 0 unspecified atom stereocenters. The Balaban J connectivity index is 1.18. The fourth-order valence-electron chi connectivity index (χ4n) is 7.80. The first-order valence-corrected chi connectivity index (χ1v) is 18.1. The summed E-state index contributed by atoms with van der Waals surface area (Å²) in [5.41, 5.74) is 2.86. The number of hydrogen-bond acceptors (Lipinski definition) is 4. The van der Waals surface area contributed by atoms with E-state index in [1.807, 2.05) is 48.5 Å². The normalized spacial score (nSPS) is 20.3. The van der Waals surface area contributed by atoms with Crippen molar-refractivity contribution in [3.63, 3.8) is 0 Å². The average molecular weight is 659 g/mol. The van der Waals surface area contributed by atoms with Crippen molar-refractivity contribution in [2.45, 2.75) is 116 Å². The molecule has 10 heteroatoms. The molecule has 5 rings (SSSR count). The molecule has 260 valence electrons. The van der Waals surface area contributed by atoms with E-state index in [0.29, 0.717) is 23.2 Å². The summed E-state index contributed by atoms with van der Waals surface area (Å²) in [5, 5.41) is 11.8. The zero-order valence-corrected chi connectivity index (χ0v) is 28.8. The summed E-state index contributed by atoms with van der Waals surface area (Å²) in [4.78, 5) is 54.4. The maximum Gasteiger partial charge on any atom is 0.322 e. The van der Waals surface area contributed by atoms with Gasteiger partial charge in [-0.1, -0.05) is 38.5 Å². The van der Waals surface area contributed by atoms with E-state index < -0.39 is 0 Å². The molecule has 3 aliphatic carbocycles. The van der Waals surface area contributed by atoms with Crippen molar-refractivity contribution in [1.29, 1.82) is 0 Å². The molecule has 2 aromatic rings. The van der Waals surface area contributed by atoms with Gasteiger partial charge >= 0.3 is 12.1 Å². The first-order chi connectivity index (χ1) is 23.2. The van der Waals surface area contributed by atoms with E-state index in [1.54, 1.807) is 0 Å². The lowest BCUT2D eigenvalue weighted by Gasteiger charge is -2.40. The first kappa shape index (κ1) is 35.2. The highest BCUT2D eigenvalue weighted by atomic mass is 16.2. The first-order valence-electron chi connectivity index (χ1n) is 18.1. The lowest BCUT2D eigenvalue weighted by Crippen LogP contribution is -2.48. The Morgan fingerprint density at radius 1 is 0.479 bits per heavy atom. The van der Waals surface area contributed by atoms with Crippen LogP contribution in [0, 0.1) is 11.8 Å². The molecule has 2 aromatic carbocycles. The Bertz CT molecular complexity index is 1260. The molecular weight excluding hydrogens is 604 g/mol. The van der Waals surface area contributed by atoms with Crippen molar-refractivity contribution in [2.24, 2.45) is 11.8 Å². The van der Waals surface area contributed by atoms with Gasteiger partial charge in [0.15, 0.2) is 0 Å². The van der Waals surface area contributed by atoms with Crippen molar-refractivity contribution in [2.75, 3.05) is 34.4 Å². The molecule has 0 aromatic heterocycles. The largest absolute Gasteiger partial charge is 0.326 e. The molecule has 0 aliphatic heterocycles. The van der Waals surface area contributed by atoms with Gasteiger partial charge in [0.05, 0.1) is 0 Å². The number of nitrogens with zero attached hydrogens (tertiary/aromatic N) is 2. The van der Waals surface area contributed by atoms with Crippen LogP contribution >= 0.6 is 0 Å². The van der Waals surface area contributed by atoms with Crippen molar-refractivity contribution < 1.29 is 19.2 Å². The lowest BCUT2D eigenvalue weighted by atomic mass is 9.80. The number of carbonyl (C=O) groups excluding carboxylic acids is 4. The number of benzene rings is 2. The van der Waals surface area contributed by atoms with Gasteiger partial charge in [0.25, 0.3) is 0 Å². The molecule has 4 N–H and O–H groups in total. The van der Waals surface area contributed by atoms with E-state index in [-0.39, 0.29) is 36.0 Å². The second-order valence-electron chi connectivity index (χ2n) is 14.2. The molecule has 0 spiro atoms. The number of urea groups is 2. The summed E-state index contributed by atoms with van der Waals surface area (Å²) < 4.78 is 0. The summed E-state index contributed by atoms with van der Waals surface area (Å²) in [5.74, 6) is 0.632. The van der Waals surface area contributed by atoms with Crippen molar-refractivity contribution in [3.05, 3.63) is 48.5 Å². The van der Waals surface area contributed by atoms with Crippen molar-refractivity contribution >= 4 is 46.6 Å². The number of rotatable bonds is 10. The molecule has 0 heterocycles. The lowest BCUT2D eigenvalue weighted by molar-refractivity contribution is -0.115. The summed E-state index contributed by atoms with van der Waals surface area (Å²) in [7, 11) is 0. The van der Waals surface area contributed by atoms with Gasteiger partial charge in [0.1, 0.15) is 0 Å². The quantitative estimate of drug-likeness (QED) is 0.205. The second-order valence-corrected chi connectivity index (χ2v) is 14.2. The van der Waals surface area contributed by atoms with Crippen LogP contribution in [0.3, 0.4) is 0 Å². The van der Waals surface area contributed by atoms with E-state index in [9.17, 15) is 19.2 Å². The van der Waals surface area contributed by atoms with Gasteiger partial charge in [-0.2, -0.15) is 0 Å². The Hall–Kier alpha value is -4.08. The van der Waals surface area contributed by atoms with Gasteiger partial charge < -0.3 is 31.1 Å². The third-order valence-corrected chi connectivity index (χ3v) is 10.3. The standard InChI is InChI=1S/C38H54N6O4/c1-27(45)39-31-17-21-33(22-18-31)41-37(47)43(35-9-5-3-6-10-35)25-29-13-15-30(16-14-29)26-44(36-11-7-4-8-12-36)38(48)42-34-23-19-32(20-24-34)40-28(2)46/h17-24,29-30,35-36H,3-16,25-26H2,1-2H3,(H,39,45)(H,40,46)(H,41,47)(H,42,48). The molecule has 3 fully saturated rings. The number of nitrogens with one attached hydrogen (secondary N) is 4. The summed E-state index contributed by atoms with van der Waals surface area (Å²) in [6.45, 7) is 4.48. The predicted molar refractivity (Wildman–Crippen MR) is 192 cm³/mol. The summed E-state index contributed by atoms with van der Waals surface area (Å²) >= 11 is 0. The third kappa shape index (κ3) is 10.5. The number of hydrogen-bond donors (Lipinski definition) is 4. The zero-order chi connectivity index (χ0) is 33.9. The highest BCUT2D eigenvalue weighted by Crippen LogP contribution is 2.34. The van der Waals surface area contributed by atoms with Gasteiger partial charge in [0.2, 0.25) is 11.8 Å². The number of carbonyl (C=O) groups is 4. The SMILES string of the molecule is CC(=O)Nc1ccc(NC(=O)N(CC2CCC(CN(C(=O)Nc3ccc(NC(C)=O)cc3)C3CCCCC3)CC2)C2CCCCC2)cc1. The van der Waals surface area contributed by atoms with E-state index in [4.69, 9.17) is 0 Å². The van der Waals surface area contributed by atoms with E-state index in [0.717, 1.165) is 102 Å². The van der Waals surface area contributed by atoms with Crippen LogP contribution in [0.1, 0.15) is 104 Å². The van der Waals surface area contributed by atoms with Crippen LogP contribution in [0.4, 0.5) is 32.3 Å². The monoisotopic (exact) mass is 658 g/mol. The Morgan fingerprint density at radius 2 is 0.771 bits per heavy atom. The van der Waals surface area contributed by atoms with Gasteiger partial charge in [-0.25, -0.2) is 9.59 Å². The minimum absolute atomic E-state index is 0.0402. The molecule has 0 atom stereocenters. The average Bonchev–Trinajstić information content (AvgIpc) is 3.08. The maximum absolute atomic E-state index is 13.7.